The zero-order chi connectivity index (χ0) is 18.4. The van der Waals surface area contributed by atoms with Gasteiger partial charge in [0.2, 0.25) is 0 Å². The average Bonchev–Trinajstić information content (AvgIpc) is 2.46. The van der Waals surface area contributed by atoms with Crippen molar-refractivity contribution in [2.75, 3.05) is 0 Å². The van der Waals surface area contributed by atoms with Gasteiger partial charge in [0.25, 0.3) is 0 Å². The van der Waals surface area contributed by atoms with Crippen LogP contribution in [0.4, 0.5) is 0 Å². The molecule has 0 aliphatic rings. The largest absolute Gasteiger partial charge is 0.481 e. The summed E-state index contributed by atoms with van der Waals surface area (Å²) in [5.41, 5.74) is 1.35. The molecule has 0 rings (SSSR count). The maximum Gasteiger partial charge on any atom is 0.303 e. The Kier molecular flexibility index (Phi) is 14.1. The highest BCUT2D eigenvalue weighted by Gasteiger charge is 2.06. The van der Waals surface area contributed by atoms with Crippen molar-refractivity contribution in [1.29, 1.82) is 0 Å². The second-order valence-electron chi connectivity index (χ2n) is 8.34. The predicted molar refractivity (Wildman–Crippen MR) is 105 cm³/mol. The fraction of sp³-hybridized carbons (Fsp3) is 0.864. The Bertz CT molecular complexity index is 344. The van der Waals surface area contributed by atoms with Crippen LogP contribution in [0, 0.1) is 17.8 Å². The van der Waals surface area contributed by atoms with Crippen molar-refractivity contribution in [3.8, 4) is 0 Å². The molecule has 0 heterocycles. The van der Waals surface area contributed by atoms with Crippen LogP contribution in [-0.2, 0) is 4.79 Å². The van der Waals surface area contributed by atoms with Gasteiger partial charge in [-0.05, 0) is 43.9 Å². The highest BCUT2D eigenvalue weighted by atomic mass is 16.4. The number of hydrogen-bond acceptors (Lipinski definition) is 1. The molecule has 2 unspecified atom stereocenters. The summed E-state index contributed by atoms with van der Waals surface area (Å²) in [6.45, 7) is 11.6. The number of carboxylic acid groups (broad SMARTS) is 1. The van der Waals surface area contributed by atoms with Crippen LogP contribution in [0.3, 0.4) is 0 Å². The van der Waals surface area contributed by atoms with Crippen LogP contribution < -0.4 is 0 Å². The van der Waals surface area contributed by atoms with Gasteiger partial charge in [-0.2, -0.15) is 0 Å². The molecule has 0 fully saturated rings. The second kappa shape index (κ2) is 14.5. The molecule has 0 saturated carbocycles. The number of rotatable bonds is 15. The summed E-state index contributed by atoms with van der Waals surface area (Å²) in [7, 11) is 0. The summed E-state index contributed by atoms with van der Waals surface area (Å²) in [6, 6.07) is 0. The fourth-order valence-electron chi connectivity index (χ4n) is 3.25. The number of aliphatic carboxylic acids is 1. The zero-order valence-corrected chi connectivity index (χ0v) is 16.9. The highest BCUT2D eigenvalue weighted by Crippen LogP contribution is 2.22. The molecule has 0 radical (unpaired) electrons. The Hall–Kier alpha value is -0.790. The molecule has 2 nitrogen and oxygen atoms in total. The van der Waals surface area contributed by atoms with Crippen molar-refractivity contribution >= 4 is 5.97 Å². The monoisotopic (exact) mass is 338 g/mol. The lowest BCUT2D eigenvalue weighted by Crippen LogP contribution is -2.00. The lowest BCUT2D eigenvalue weighted by atomic mass is 9.91. The molecule has 0 aliphatic carbocycles. The van der Waals surface area contributed by atoms with E-state index in [2.05, 4.69) is 40.7 Å². The van der Waals surface area contributed by atoms with Gasteiger partial charge in [0.1, 0.15) is 0 Å². The van der Waals surface area contributed by atoms with E-state index in [4.69, 9.17) is 5.11 Å². The SMILES string of the molecule is CC(=CCCC(=O)O)CCCC(C)CCCC(C)CCCC(C)C. The van der Waals surface area contributed by atoms with Gasteiger partial charge in [0, 0.05) is 6.42 Å². The fourth-order valence-corrected chi connectivity index (χ4v) is 3.25. The van der Waals surface area contributed by atoms with Gasteiger partial charge in [-0.1, -0.05) is 84.3 Å². The molecular weight excluding hydrogens is 296 g/mol. The van der Waals surface area contributed by atoms with E-state index in [1.54, 1.807) is 0 Å². The van der Waals surface area contributed by atoms with Crippen LogP contribution >= 0.6 is 0 Å². The molecule has 142 valence electrons. The van der Waals surface area contributed by atoms with E-state index in [1.807, 2.05) is 0 Å². The zero-order valence-electron chi connectivity index (χ0n) is 16.9. The highest BCUT2D eigenvalue weighted by molar-refractivity contribution is 5.66. The molecule has 0 bridgehead atoms. The minimum absolute atomic E-state index is 0.253. The van der Waals surface area contributed by atoms with Gasteiger partial charge in [0.05, 0.1) is 0 Å². The summed E-state index contributed by atoms with van der Waals surface area (Å²) < 4.78 is 0. The van der Waals surface area contributed by atoms with Crippen molar-refractivity contribution in [3.63, 3.8) is 0 Å². The first-order valence-electron chi connectivity index (χ1n) is 10.2. The first kappa shape index (κ1) is 23.2. The third-order valence-corrected chi connectivity index (χ3v) is 4.99. The lowest BCUT2D eigenvalue weighted by molar-refractivity contribution is -0.136. The van der Waals surface area contributed by atoms with Crippen molar-refractivity contribution in [2.45, 2.75) is 105 Å². The van der Waals surface area contributed by atoms with E-state index in [0.29, 0.717) is 6.42 Å². The van der Waals surface area contributed by atoms with E-state index in [1.165, 1.54) is 56.9 Å². The van der Waals surface area contributed by atoms with Crippen LogP contribution in [0.15, 0.2) is 11.6 Å². The Labute approximate surface area is 151 Å². The molecule has 0 aliphatic heterocycles. The Morgan fingerprint density at radius 2 is 1.33 bits per heavy atom. The molecule has 24 heavy (non-hydrogen) atoms. The molecule has 1 N–H and O–H groups in total. The smallest absolute Gasteiger partial charge is 0.303 e. The van der Waals surface area contributed by atoms with Gasteiger partial charge < -0.3 is 5.11 Å². The number of allylic oxidation sites excluding steroid dienone is 2. The van der Waals surface area contributed by atoms with Crippen LogP contribution in [0.1, 0.15) is 105 Å². The maximum absolute atomic E-state index is 10.5. The van der Waals surface area contributed by atoms with Crippen molar-refractivity contribution in [1.82, 2.24) is 0 Å². The topological polar surface area (TPSA) is 37.3 Å². The first-order chi connectivity index (χ1) is 11.3. The van der Waals surface area contributed by atoms with Crippen molar-refractivity contribution in [3.05, 3.63) is 11.6 Å². The van der Waals surface area contributed by atoms with Crippen molar-refractivity contribution in [2.24, 2.45) is 17.8 Å². The lowest BCUT2D eigenvalue weighted by Gasteiger charge is -2.15. The minimum Gasteiger partial charge on any atom is -0.481 e. The second-order valence-corrected chi connectivity index (χ2v) is 8.34. The van der Waals surface area contributed by atoms with E-state index in [0.717, 1.165) is 24.2 Å². The normalized spacial score (nSPS) is 14.8. The molecule has 2 heteroatoms. The Morgan fingerprint density at radius 1 is 0.833 bits per heavy atom. The van der Waals surface area contributed by atoms with Gasteiger partial charge >= 0.3 is 5.97 Å². The third kappa shape index (κ3) is 16.1. The molecule has 0 aromatic carbocycles. The quantitative estimate of drug-likeness (QED) is 0.320. The summed E-state index contributed by atoms with van der Waals surface area (Å²) in [5.74, 6) is 1.85. The van der Waals surface area contributed by atoms with Gasteiger partial charge in [-0.15, -0.1) is 0 Å². The number of carboxylic acids is 1. The van der Waals surface area contributed by atoms with E-state index in [9.17, 15) is 4.79 Å². The molecule has 0 aromatic rings. The minimum atomic E-state index is -0.703. The summed E-state index contributed by atoms with van der Waals surface area (Å²) >= 11 is 0. The summed E-state index contributed by atoms with van der Waals surface area (Å²) in [6.07, 6.45) is 15.0. The molecule has 0 aromatic heterocycles. The van der Waals surface area contributed by atoms with Crippen molar-refractivity contribution < 1.29 is 9.90 Å². The van der Waals surface area contributed by atoms with E-state index < -0.39 is 5.97 Å². The molecular formula is C22H42O2. The third-order valence-electron chi connectivity index (χ3n) is 4.99. The summed E-state index contributed by atoms with van der Waals surface area (Å²) in [5, 5.41) is 8.64. The van der Waals surface area contributed by atoms with Crippen LogP contribution in [0.2, 0.25) is 0 Å². The number of carbonyl (C=O) groups is 1. The van der Waals surface area contributed by atoms with Gasteiger partial charge in [-0.3, -0.25) is 4.79 Å². The molecule has 0 spiro atoms. The molecule has 0 amide bonds. The molecule has 2 atom stereocenters. The molecule has 0 saturated heterocycles. The van der Waals surface area contributed by atoms with Gasteiger partial charge in [0.15, 0.2) is 0 Å². The average molecular weight is 339 g/mol. The maximum atomic E-state index is 10.5. The number of hydrogen-bond donors (Lipinski definition) is 1. The van der Waals surface area contributed by atoms with Crippen LogP contribution in [0.5, 0.6) is 0 Å². The van der Waals surface area contributed by atoms with E-state index >= 15 is 0 Å². The van der Waals surface area contributed by atoms with Crippen LogP contribution in [0.25, 0.3) is 0 Å². The van der Waals surface area contributed by atoms with Gasteiger partial charge in [-0.25, -0.2) is 0 Å². The Morgan fingerprint density at radius 3 is 1.83 bits per heavy atom. The van der Waals surface area contributed by atoms with Crippen LogP contribution in [-0.4, -0.2) is 11.1 Å². The first-order valence-corrected chi connectivity index (χ1v) is 10.2. The summed E-state index contributed by atoms with van der Waals surface area (Å²) in [4.78, 5) is 10.5. The van der Waals surface area contributed by atoms with E-state index in [-0.39, 0.29) is 6.42 Å². The Balaban J connectivity index is 3.61. The predicted octanol–water partition coefficient (Wildman–Crippen LogP) is 7.24. The standard InChI is InChI=1S/C22H42O2/c1-18(2)10-6-11-19(3)12-7-13-20(4)14-8-15-21(5)16-9-17-22(23)24/h16,18-20H,6-15,17H2,1-5H3,(H,23,24).